The highest BCUT2D eigenvalue weighted by Crippen LogP contribution is 2.60. The molecular formula is C18H26N4O2S. The normalized spacial score (nSPS) is 33.9. The fourth-order valence-electron chi connectivity index (χ4n) is 5.46. The number of carbonyl (C=O) groups excluding carboxylic acids is 2. The summed E-state index contributed by atoms with van der Waals surface area (Å²) < 4.78 is 0. The molecular weight excluding hydrogens is 336 g/mol. The van der Waals surface area contributed by atoms with Crippen LogP contribution in [-0.2, 0) is 16.0 Å². The minimum Gasteiger partial charge on any atom is -0.344 e. The molecule has 5 rings (SSSR count). The maximum atomic E-state index is 13.0. The van der Waals surface area contributed by atoms with Gasteiger partial charge in [-0.1, -0.05) is 18.3 Å². The van der Waals surface area contributed by atoms with E-state index in [1.165, 1.54) is 30.6 Å². The summed E-state index contributed by atoms with van der Waals surface area (Å²) in [5.41, 5.74) is -0.221. The van der Waals surface area contributed by atoms with Gasteiger partial charge in [0.2, 0.25) is 16.9 Å². The van der Waals surface area contributed by atoms with Crippen molar-refractivity contribution < 1.29 is 9.59 Å². The summed E-state index contributed by atoms with van der Waals surface area (Å²) in [6, 6.07) is -0.561. The Morgan fingerprint density at radius 3 is 2.28 bits per heavy atom. The summed E-state index contributed by atoms with van der Waals surface area (Å²) >= 11 is 1.38. The third-order valence-electron chi connectivity index (χ3n) is 6.26. The first-order valence-electron chi connectivity index (χ1n) is 9.41. The largest absolute Gasteiger partial charge is 0.344 e. The first-order chi connectivity index (χ1) is 12.0. The van der Waals surface area contributed by atoms with Crippen LogP contribution in [0.5, 0.6) is 0 Å². The molecule has 2 amide bonds. The number of amides is 2. The summed E-state index contributed by atoms with van der Waals surface area (Å²) in [5.74, 6) is 2.01. The fraction of sp³-hybridized carbons (Fsp3) is 0.778. The van der Waals surface area contributed by atoms with Gasteiger partial charge in [-0.2, -0.15) is 0 Å². The van der Waals surface area contributed by atoms with E-state index in [1.54, 1.807) is 6.92 Å². The van der Waals surface area contributed by atoms with Crippen molar-refractivity contribution in [2.75, 3.05) is 5.32 Å². The molecule has 4 bridgehead atoms. The number of anilines is 1. The van der Waals surface area contributed by atoms with Crippen molar-refractivity contribution in [3.63, 3.8) is 0 Å². The molecule has 25 heavy (non-hydrogen) atoms. The van der Waals surface area contributed by atoms with Gasteiger partial charge in [0, 0.05) is 5.41 Å². The minimum absolute atomic E-state index is 0.0840. The van der Waals surface area contributed by atoms with Crippen LogP contribution in [0.4, 0.5) is 5.13 Å². The van der Waals surface area contributed by atoms with Crippen molar-refractivity contribution in [3.05, 3.63) is 5.01 Å². The number of rotatable bonds is 5. The molecule has 1 atom stereocenters. The molecule has 136 valence electrons. The number of aryl methyl sites for hydroxylation is 1. The molecule has 4 saturated carbocycles. The lowest BCUT2D eigenvalue weighted by Gasteiger charge is -2.55. The zero-order valence-electron chi connectivity index (χ0n) is 14.9. The molecule has 4 aliphatic carbocycles. The van der Waals surface area contributed by atoms with E-state index in [4.69, 9.17) is 0 Å². The van der Waals surface area contributed by atoms with E-state index in [0.29, 0.717) is 5.13 Å². The first kappa shape index (κ1) is 16.9. The summed E-state index contributed by atoms with van der Waals surface area (Å²) in [4.78, 5) is 25.4. The van der Waals surface area contributed by atoms with Gasteiger partial charge < -0.3 is 5.32 Å². The van der Waals surface area contributed by atoms with E-state index in [2.05, 4.69) is 20.8 Å². The van der Waals surface area contributed by atoms with Gasteiger partial charge in [-0.05, 0) is 69.6 Å². The zero-order valence-corrected chi connectivity index (χ0v) is 15.7. The second kappa shape index (κ2) is 6.34. The maximum Gasteiger partial charge on any atom is 0.248 e. The van der Waals surface area contributed by atoms with Crippen LogP contribution >= 0.6 is 11.3 Å². The standard InChI is InChI=1S/C18H26N4O2S/c1-3-14-21-22-17(25-14)20-15(23)10(2)19-16(24)18-7-11-4-12(8-18)6-13(5-11)9-18/h10-13H,3-9H2,1-2H3,(H,19,24)(H,20,22,23). The highest BCUT2D eigenvalue weighted by Gasteiger charge is 2.54. The molecule has 0 saturated heterocycles. The summed E-state index contributed by atoms with van der Waals surface area (Å²) in [6.45, 7) is 3.75. The Bertz CT molecular complexity index is 651. The average Bonchev–Trinajstić information content (AvgIpc) is 3.01. The van der Waals surface area contributed by atoms with Crippen molar-refractivity contribution in [1.29, 1.82) is 0 Å². The maximum absolute atomic E-state index is 13.0. The Kier molecular flexibility index (Phi) is 4.30. The molecule has 0 aromatic carbocycles. The van der Waals surface area contributed by atoms with Crippen molar-refractivity contribution in [2.24, 2.45) is 23.2 Å². The minimum atomic E-state index is -0.561. The highest BCUT2D eigenvalue weighted by molar-refractivity contribution is 7.15. The second-order valence-electron chi connectivity index (χ2n) is 8.24. The van der Waals surface area contributed by atoms with Gasteiger partial charge >= 0.3 is 0 Å². The Morgan fingerprint density at radius 1 is 1.16 bits per heavy atom. The lowest BCUT2D eigenvalue weighted by Crippen LogP contribution is -2.56. The molecule has 1 heterocycles. The first-order valence-corrected chi connectivity index (χ1v) is 10.2. The molecule has 1 aromatic rings. The van der Waals surface area contributed by atoms with E-state index in [0.717, 1.165) is 48.4 Å². The van der Waals surface area contributed by atoms with Crippen LogP contribution in [0.2, 0.25) is 0 Å². The smallest absolute Gasteiger partial charge is 0.248 e. The quantitative estimate of drug-likeness (QED) is 0.843. The summed E-state index contributed by atoms with van der Waals surface area (Å²) in [6.07, 6.45) is 7.74. The van der Waals surface area contributed by atoms with Crippen molar-refractivity contribution >= 4 is 28.3 Å². The van der Waals surface area contributed by atoms with Crippen molar-refractivity contribution in [1.82, 2.24) is 15.5 Å². The van der Waals surface area contributed by atoms with E-state index in [-0.39, 0.29) is 17.2 Å². The lowest BCUT2D eigenvalue weighted by atomic mass is 9.49. The predicted molar refractivity (Wildman–Crippen MR) is 96.1 cm³/mol. The SMILES string of the molecule is CCc1nnc(NC(=O)C(C)NC(=O)C23CC4CC(CC(C4)C2)C3)s1. The van der Waals surface area contributed by atoms with Gasteiger partial charge in [-0.15, -0.1) is 10.2 Å². The summed E-state index contributed by atoms with van der Waals surface area (Å²) in [7, 11) is 0. The Balaban J connectivity index is 1.38. The molecule has 6 nitrogen and oxygen atoms in total. The third kappa shape index (κ3) is 3.18. The van der Waals surface area contributed by atoms with Gasteiger partial charge in [0.05, 0.1) is 0 Å². The van der Waals surface area contributed by atoms with Gasteiger partial charge in [-0.25, -0.2) is 0 Å². The topological polar surface area (TPSA) is 84.0 Å². The van der Waals surface area contributed by atoms with Gasteiger partial charge in [0.25, 0.3) is 0 Å². The fourth-order valence-corrected chi connectivity index (χ4v) is 6.15. The molecule has 1 aromatic heterocycles. The van der Waals surface area contributed by atoms with Crippen molar-refractivity contribution in [2.45, 2.75) is 64.8 Å². The number of carbonyl (C=O) groups is 2. The molecule has 2 N–H and O–H groups in total. The lowest BCUT2D eigenvalue weighted by molar-refractivity contribution is -0.147. The van der Waals surface area contributed by atoms with Gasteiger partial charge in [0.15, 0.2) is 0 Å². The van der Waals surface area contributed by atoms with Crippen LogP contribution < -0.4 is 10.6 Å². The van der Waals surface area contributed by atoms with E-state index in [1.807, 2.05) is 6.92 Å². The third-order valence-corrected chi connectivity index (χ3v) is 7.24. The number of hydrogen-bond acceptors (Lipinski definition) is 5. The molecule has 7 heteroatoms. The van der Waals surface area contributed by atoms with Crippen LogP contribution in [0, 0.1) is 23.2 Å². The highest BCUT2D eigenvalue weighted by atomic mass is 32.1. The molecule has 0 radical (unpaired) electrons. The van der Waals surface area contributed by atoms with E-state index < -0.39 is 6.04 Å². The second-order valence-corrected chi connectivity index (χ2v) is 9.30. The molecule has 0 spiro atoms. The molecule has 4 fully saturated rings. The number of hydrogen-bond donors (Lipinski definition) is 2. The monoisotopic (exact) mass is 362 g/mol. The van der Waals surface area contributed by atoms with Crippen LogP contribution in [0.25, 0.3) is 0 Å². The predicted octanol–water partition coefficient (Wildman–Crippen LogP) is 2.76. The Labute approximate surface area is 152 Å². The van der Waals surface area contributed by atoms with Crippen LogP contribution in [0.3, 0.4) is 0 Å². The van der Waals surface area contributed by atoms with Crippen LogP contribution in [0.1, 0.15) is 57.4 Å². The van der Waals surface area contributed by atoms with E-state index in [9.17, 15) is 9.59 Å². The zero-order chi connectivity index (χ0) is 17.6. The van der Waals surface area contributed by atoms with Gasteiger partial charge in [-0.3, -0.25) is 14.9 Å². The Hall–Kier alpha value is -1.50. The molecule has 4 aliphatic rings. The molecule has 1 unspecified atom stereocenters. The van der Waals surface area contributed by atoms with Crippen LogP contribution in [0.15, 0.2) is 0 Å². The van der Waals surface area contributed by atoms with Crippen LogP contribution in [-0.4, -0.2) is 28.1 Å². The number of nitrogens with zero attached hydrogens (tertiary/aromatic N) is 2. The average molecular weight is 362 g/mol. The van der Waals surface area contributed by atoms with Gasteiger partial charge in [0.1, 0.15) is 11.0 Å². The van der Waals surface area contributed by atoms with E-state index >= 15 is 0 Å². The number of aromatic nitrogens is 2. The molecule has 0 aliphatic heterocycles. The Morgan fingerprint density at radius 2 is 1.76 bits per heavy atom. The number of nitrogens with one attached hydrogen (secondary N) is 2. The summed E-state index contributed by atoms with van der Waals surface area (Å²) in [5, 5.41) is 15.1. The van der Waals surface area contributed by atoms with Crippen molar-refractivity contribution in [3.8, 4) is 0 Å².